The number of hydrogen-bond donors (Lipinski definition) is 3. The lowest BCUT2D eigenvalue weighted by molar-refractivity contribution is -0.151. The molecular weight excluding hydrogens is 743 g/mol. The zero-order chi connectivity index (χ0) is 43.8. The van der Waals surface area contributed by atoms with Crippen molar-refractivity contribution >= 4 is 11.9 Å². The van der Waals surface area contributed by atoms with Crippen LogP contribution in [0.3, 0.4) is 0 Å². The van der Waals surface area contributed by atoms with Crippen LogP contribution in [0.5, 0.6) is 0 Å². The molecule has 3 unspecified atom stereocenters. The Labute approximate surface area is 371 Å². The molecule has 0 heterocycles. The van der Waals surface area contributed by atoms with Crippen LogP contribution >= 0.6 is 0 Å². The lowest BCUT2D eigenvalue weighted by Gasteiger charge is -2.24. The van der Waals surface area contributed by atoms with Crippen molar-refractivity contribution in [2.24, 2.45) is 0 Å². The Bertz CT molecular complexity index is 1080. The molecule has 60 heavy (non-hydrogen) atoms. The van der Waals surface area contributed by atoms with E-state index in [2.05, 4.69) is 86.8 Å². The zero-order valence-electron chi connectivity index (χ0n) is 39.6. The van der Waals surface area contributed by atoms with Crippen LogP contribution in [0.2, 0.25) is 0 Å². The molecule has 6 heteroatoms. The molecule has 0 aromatic carbocycles. The fourth-order valence-corrected chi connectivity index (χ4v) is 7.52. The van der Waals surface area contributed by atoms with E-state index in [9.17, 15) is 19.8 Å². The van der Waals surface area contributed by atoms with Crippen molar-refractivity contribution in [2.75, 3.05) is 6.61 Å². The smallest absolute Gasteiger partial charge is 0.306 e. The van der Waals surface area contributed by atoms with Gasteiger partial charge in [0.25, 0.3) is 0 Å². The zero-order valence-corrected chi connectivity index (χ0v) is 39.6. The van der Waals surface area contributed by atoms with Gasteiger partial charge in [-0.15, -0.1) is 0 Å². The average Bonchev–Trinajstić information content (AvgIpc) is 3.24. The van der Waals surface area contributed by atoms with Gasteiger partial charge >= 0.3 is 5.97 Å². The van der Waals surface area contributed by atoms with Gasteiger partial charge in [0, 0.05) is 6.42 Å². The summed E-state index contributed by atoms with van der Waals surface area (Å²) in [5.74, 6) is -0.504. The monoisotopic (exact) mass is 840 g/mol. The number of unbranched alkanes of at least 4 members (excludes halogenated alkanes) is 25. The first-order valence-corrected chi connectivity index (χ1v) is 25.5. The third-order valence-electron chi connectivity index (χ3n) is 11.4. The van der Waals surface area contributed by atoms with Crippen LogP contribution in [0.1, 0.15) is 245 Å². The molecule has 0 radical (unpaired) electrons. The van der Waals surface area contributed by atoms with E-state index < -0.39 is 18.2 Å². The van der Waals surface area contributed by atoms with Crippen LogP contribution in [0.15, 0.2) is 60.8 Å². The van der Waals surface area contributed by atoms with Gasteiger partial charge in [0.2, 0.25) is 5.91 Å². The summed E-state index contributed by atoms with van der Waals surface area (Å²) in [5, 5.41) is 23.7. The highest BCUT2D eigenvalue weighted by Crippen LogP contribution is 2.18. The number of nitrogens with one attached hydrogen (secondary N) is 1. The van der Waals surface area contributed by atoms with Gasteiger partial charge in [0.1, 0.15) is 6.10 Å². The van der Waals surface area contributed by atoms with E-state index in [1.807, 2.05) is 0 Å². The van der Waals surface area contributed by atoms with Crippen molar-refractivity contribution in [2.45, 2.75) is 264 Å². The molecule has 6 nitrogen and oxygen atoms in total. The number of esters is 1. The number of amides is 1. The first-order valence-electron chi connectivity index (χ1n) is 25.5. The lowest BCUT2D eigenvalue weighted by atomic mass is 10.0. The largest absolute Gasteiger partial charge is 0.462 e. The van der Waals surface area contributed by atoms with Crippen molar-refractivity contribution in [1.82, 2.24) is 5.32 Å². The fourth-order valence-electron chi connectivity index (χ4n) is 7.52. The molecule has 0 aromatic heterocycles. The lowest BCUT2D eigenvalue weighted by Crippen LogP contribution is -2.46. The van der Waals surface area contributed by atoms with Gasteiger partial charge in [-0.1, -0.05) is 216 Å². The Morgan fingerprint density at radius 2 is 0.967 bits per heavy atom. The molecule has 0 aromatic rings. The van der Waals surface area contributed by atoms with Crippen LogP contribution in [0, 0.1) is 0 Å². The minimum atomic E-state index is -0.794. The van der Waals surface area contributed by atoms with E-state index in [4.69, 9.17) is 4.74 Å². The van der Waals surface area contributed by atoms with E-state index in [-0.39, 0.29) is 24.9 Å². The summed E-state index contributed by atoms with van der Waals surface area (Å²) in [4.78, 5) is 26.1. The molecule has 0 aliphatic carbocycles. The molecule has 0 bridgehead atoms. The molecule has 0 spiro atoms. The maximum absolute atomic E-state index is 13.2. The summed E-state index contributed by atoms with van der Waals surface area (Å²) in [7, 11) is 0. The SMILES string of the molecule is CC/C=C/C=C/C=C\CCCCCCCC(=O)OC(CCCCCCCCC/C=C\C/C=C\CCCCC)CC(=O)NC(CO)C(O)CCCCCCCCCCCCC. The maximum Gasteiger partial charge on any atom is 0.306 e. The summed E-state index contributed by atoms with van der Waals surface area (Å²) >= 11 is 0. The number of carbonyl (C=O) groups is 2. The second kappa shape index (κ2) is 47.6. The summed E-state index contributed by atoms with van der Waals surface area (Å²) in [5.41, 5.74) is 0. The molecule has 0 saturated carbocycles. The second-order valence-electron chi connectivity index (χ2n) is 17.2. The Kier molecular flexibility index (Phi) is 45.7. The first-order chi connectivity index (χ1) is 29.5. The van der Waals surface area contributed by atoms with Crippen molar-refractivity contribution in [3.63, 3.8) is 0 Å². The number of ether oxygens (including phenoxy) is 1. The number of carbonyl (C=O) groups excluding carboxylic acids is 2. The summed E-state index contributed by atoms with van der Waals surface area (Å²) in [6, 6.07) is -0.709. The van der Waals surface area contributed by atoms with Crippen LogP contribution in [-0.4, -0.2) is 46.9 Å². The van der Waals surface area contributed by atoms with Crippen LogP contribution in [0.4, 0.5) is 0 Å². The Morgan fingerprint density at radius 3 is 1.52 bits per heavy atom. The van der Waals surface area contributed by atoms with E-state index in [0.717, 1.165) is 96.3 Å². The molecule has 0 saturated heterocycles. The first kappa shape index (κ1) is 57.6. The average molecular weight is 840 g/mol. The normalized spacial score (nSPS) is 13.8. The number of rotatable bonds is 45. The Hall–Kier alpha value is -2.44. The van der Waals surface area contributed by atoms with Crippen molar-refractivity contribution in [1.29, 1.82) is 0 Å². The quantitative estimate of drug-likeness (QED) is 0.0246. The molecule has 348 valence electrons. The Morgan fingerprint density at radius 1 is 0.517 bits per heavy atom. The molecule has 0 aliphatic rings. The standard InChI is InChI=1S/C54H97NO5/c1-4-7-10-13-16-19-22-24-25-26-27-29-31-33-36-39-42-45-50(60-54(59)47-44-41-38-35-32-28-23-20-17-14-11-8-5-2)48-53(58)55-51(49-56)52(57)46-43-40-37-34-30-21-18-15-12-9-6-3/h8,11,14,16-17,19-20,23-25,50-52,56-57H,4-7,9-10,12-13,15,18,21-22,26-49H2,1-3H3,(H,55,58)/b11-8+,17-14+,19-16-,23-20-,25-24-. The van der Waals surface area contributed by atoms with Crippen LogP contribution < -0.4 is 5.32 Å². The molecule has 0 fully saturated rings. The van der Waals surface area contributed by atoms with E-state index in [1.54, 1.807) is 0 Å². The van der Waals surface area contributed by atoms with Gasteiger partial charge in [0.05, 0.1) is 25.2 Å². The molecule has 1 amide bonds. The fraction of sp³-hybridized carbons (Fsp3) is 0.778. The van der Waals surface area contributed by atoms with Crippen LogP contribution in [-0.2, 0) is 14.3 Å². The van der Waals surface area contributed by atoms with Crippen molar-refractivity contribution in [3.8, 4) is 0 Å². The number of aliphatic hydroxyl groups is 2. The number of aliphatic hydroxyl groups excluding tert-OH is 2. The second-order valence-corrected chi connectivity index (χ2v) is 17.2. The molecule has 3 atom stereocenters. The highest BCUT2D eigenvalue weighted by Gasteiger charge is 2.24. The van der Waals surface area contributed by atoms with E-state index in [1.165, 1.54) is 103 Å². The van der Waals surface area contributed by atoms with Gasteiger partial charge < -0.3 is 20.3 Å². The molecular formula is C54H97NO5. The topological polar surface area (TPSA) is 95.9 Å². The summed E-state index contributed by atoms with van der Waals surface area (Å²) in [6.45, 7) is 6.31. The minimum Gasteiger partial charge on any atom is -0.462 e. The summed E-state index contributed by atoms with van der Waals surface area (Å²) < 4.78 is 5.92. The summed E-state index contributed by atoms with van der Waals surface area (Å²) in [6.07, 6.45) is 58.5. The highest BCUT2D eigenvalue weighted by molar-refractivity contribution is 5.77. The molecule has 0 rings (SSSR count). The van der Waals surface area contributed by atoms with Crippen molar-refractivity contribution < 1.29 is 24.5 Å². The van der Waals surface area contributed by atoms with Gasteiger partial charge in [-0.25, -0.2) is 0 Å². The molecule has 0 aliphatic heterocycles. The van der Waals surface area contributed by atoms with Gasteiger partial charge in [0.15, 0.2) is 0 Å². The Balaban J connectivity index is 4.63. The predicted molar refractivity (Wildman–Crippen MR) is 259 cm³/mol. The van der Waals surface area contributed by atoms with Crippen LogP contribution in [0.25, 0.3) is 0 Å². The van der Waals surface area contributed by atoms with Gasteiger partial charge in [-0.2, -0.15) is 0 Å². The van der Waals surface area contributed by atoms with Gasteiger partial charge in [-0.3, -0.25) is 9.59 Å². The highest BCUT2D eigenvalue weighted by atomic mass is 16.5. The predicted octanol–water partition coefficient (Wildman–Crippen LogP) is 15.2. The van der Waals surface area contributed by atoms with Crippen molar-refractivity contribution in [3.05, 3.63) is 60.8 Å². The third kappa shape index (κ3) is 42.3. The van der Waals surface area contributed by atoms with Gasteiger partial charge in [-0.05, 0) is 77.0 Å². The molecule has 3 N–H and O–H groups in total. The van der Waals surface area contributed by atoms with E-state index in [0.29, 0.717) is 19.3 Å². The third-order valence-corrected chi connectivity index (χ3v) is 11.4. The maximum atomic E-state index is 13.2. The number of allylic oxidation sites excluding steroid dienone is 10. The minimum absolute atomic E-state index is 0.0627. The van der Waals surface area contributed by atoms with E-state index >= 15 is 0 Å². The number of hydrogen-bond acceptors (Lipinski definition) is 5.